The molecule has 1 rings (SSSR count). The maximum absolute atomic E-state index is 11.4. The van der Waals surface area contributed by atoms with E-state index in [1.807, 2.05) is 6.92 Å². The van der Waals surface area contributed by atoms with Crippen molar-refractivity contribution in [2.45, 2.75) is 39.5 Å². The lowest BCUT2D eigenvalue weighted by Gasteiger charge is -2.06. The highest BCUT2D eigenvalue weighted by Crippen LogP contribution is 2.32. The molecule has 0 N–H and O–H groups in total. The molecule has 0 radical (unpaired) electrons. The Labute approximate surface area is 73.3 Å². The SMILES string of the molecule is CCCC(=O)C(C)C(=O)C1CC1. The molecule has 0 saturated heterocycles. The van der Waals surface area contributed by atoms with Gasteiger partial charge in [-0.05, 0) is 26.2 Å². The van der Waals surface area contributed by atoms with Crippen LogP contribution in [-0.2, 0) is 9.59 Å². The summed E-state index contributed by atoms with van der Waals surface area (Å²) in [7, 11) is 0. The number of Topliss-reactive ketones (excluding diaryl/α,β-unsaturated/α-hetero) is 2. The Hall–Kier alpha value is -0.660. The van der Waals surface area contributed by atoms with Crippen LogP contribution < -0.4 is 0 Å². The lowest BCUT2D eigenvalue weighted by molar-refractivity contribution is -0.132. The summed E-state index contributed by atoms with van der Waals surface area (Å²) < 4.78 is 0. The van der Waals surface area contributed by atoms with E-state index in [1.165, 1.54) is 0 Å². The van der Waals surface area contributed by atoms with Gasteiger partial charge in [0.1, 0.15) is 11.6 Å². The van der Waals surface area contributed by atoms with Crippen molar-refractivity contribution in [3.05, 3.63) is 0 Å². The first-order valence-corrected chi connectivity index (χ1v) is 4.73. The predicted octanol–water partition coefficient (Wildman–Crippen LogP) is 1.97. The molecule has 0 spiro atoms. The molecule has 0 aromatic rings. The molecule has 2 heteroatoms. The van der Waals surface area contributed by atoms with Crippen LogP contribution in [0.1, 0.15) is 39.5 Å². The second kappa shape index (κ2) is 3.83. The smallest absolute Gasteiger partial charge is 0.146 e. The Morgan fingerprint density at radius 2 is 2.00 bits per heavy atom. The zero-order valence-electron chi connectivity index (χ0n) is 7.80. The summed E-state index contributed by atoms with van der Waals surface area (Å²) in [5, 5.41) is 0. The summed E-state index contributed by atoms with van der Waals surface area (Å²) in [6.45, 7) is 3.71. The van der Waals surface area contributed by atoms with Gasteiger partial charge in [-0.3, -0.25) is 9.59 Å². The summed E-state index contributed by atoms with van der Waals surface area (Å²) in [4.78, 5) is 22.7. The quantitative estimate of drug-likeness (QED) is 0.588. The number of carbonyl (C=O) groups excluding carboxylic acids is 2. The van der Waals surface area contributed by atoms with Crippen LogP contribution in [0.25, 0.3) is 0 Å². The first kappa shape index (κ1) is 9.43. The topological polar surface area (TPSA) is 34.1 Å². The lowest BCUT2D eigenvalue weighted by atomic mass is 9.95. The number of ketones is 2. The standard InChI is InChI=1S/C10H16O2/c1-3-4-9(11)7(2)10(12)8-5-6-8/h7-8H,3-6H2,1-2H3. The Bertz CT molecular complexity index is 192. The van der Waals surface area contributed by atoms with Gasteiger partial charge in [-0.2, -0.15) is 0 Å². The van der Waals surface area contributed by atoms with Crippen LogP contribution >= 0.6 is 0 Å². The van der Waals surface area contributed by atoms with Gasteiger partial charge in [0, 0.05) is 12.3 Å². The lowest BCUT2D eigenvalue weighted by Crippen LogP contribution is -2.22. The van der Waals surface area contributed by atoms with Gasteiger partial charge in [0.25, 0.3) is 0 Å². The summed E-state index contributed by atoms with van der Waals surface area (Å²) in [6.07, 6.45) is 3.41. The second-order valence-corrected chi connectivity index (χ2v) is 3.61. The second-order valence-electron chi connectivity index (χ2n) is 3.61. The van der Waals surface area contributed by atoms with Gasteiger partial charge < -0.3 is 0 Å². The third-order valence-electron chi connectivity index (χ3n) is 2.39. The molecule has 68 valence electrons. The Balaban J connectivity index is 2.39. The zero-order chi connectivity index (χ0) is 9.14. The molecule has 1 fully saturated rings. The van der Waals surface area contributed by atoms with Crippen molar-refractivity contribution in [3.8, 4) is 0 Å². The maximum atomic E-state index is 11.4. The minimum absolute atomic E-state index is 0.120. The van der Waals surface area contributed by atoms with Crippen molar-refractivity contribution in [3.63, 3.8) is 0 Å². The Morgan fingerprint density at radius 1 is 1.42 bits per heavy atom. The van der Waals surface area contributed by atoms with E-state index in [2.05, 4.69) is 0 Å². The van der Waals surface area contributed by atoms with Crippen LogP contribution in [0.15, 0.2) is 0 Å². The van der Waals surface area contributed by atoms with Gasteiger partial charge in [-0.25, -0.2) is 0 Å². The zero-order valence-corrected chi connectivity index (χ0v) is 7.80. The molecular weight excluding hydrogens is 152 g/mol. The molecule has 0 aromatic carbocycles. The maximum Gasteiger partial charge on any atom is 0.146 e. The van der Waals surface area contributed by atoms with Crippen LogP contribution in [0.5, 0.6) is 0 Å². The highest BCUT2D eigenvalue weighted by molar-refractivity contribution is 6.03. The minimum Gasteiger partial charge on any atom is -0.299 e. The van der Waals surface area contributed by atoms with Crippen molar-refractivity contribution in [1.29, 1.82) is 0 Å². The number of hydrogen-bond donors (Lipinski definition) is 0. The molecule has 1 atom stereocenters. The summed E-state index contributed by atoms with van der Waals surface area (Å²) in [5.74, 6) is 0.182. The molecule has 0 heterocycles. The molecule has 0 aromatic heterocycles. The van der Waals surface area contributed by atoms with Crippen molar-refractivity contribution in [2.24, 2.45) is 11.8 Å². The van der Waals surface area contributed by atoms with E-state index in [0.717, 1.165) is 19.3 Å². The van der Waals surface area contributed by atoms with Crippen molar-refractivity contribution >= 4 is 11.6 Å². The van der Waals surface area contributed by atoms with E-state index < -0.39 is 0 Å². The van der Waals surface area contributed by atoms with E-state index in [1.54, 1.807) is 6.92 Å². The van der Waals surface area contributed by atoms with Crippen molar-refractivity contribution in [1.82, 2.24) is 0 Å². The third kappa shape index (κ3) is 2.16. The molecule has 0 aliphatic heterocycles. The first-order chi connectivity index (χ1) is 5.66. The number of hydrogen-bond acceptors (Lipinski definition) is 2. The fourth-order valence-electron chi connectivity index (χ4n) is 1.34. The normalized spacial score (nSPS) is 18.8. The predicted molar refractivity (Wildman–Crippen MR) is 46.8 cm³/mol. The number of rotatable bonds is 5. The van der Waals surface area contributed by atoms with Gasteiger partial charge in [0.2, 0.25) is 0 Å². The fourth-order valence-corrected chi connectivity index (χ4v) is 1.34. The Morgan fingerprint density at radius 3 is 2.42 bits per heavy atom. The average Bonchev–Trinajstić information content (AvgIpc) is 2.84. The van der Waals surface area contributed by atoms with E-state index in [-0.39, 0.29) is 23.4 Å². The largest absolute Gasteiger partial charge is 0.299 e. The summed E-state index contributed by atoms with van der Waals surface area (Å²) in [5.41, 5.74) is 0. The van der Waals surface area contributed by atoms with Gasteiger partial charge >= 0.3 is 0 Å². The van der Waals surface area contributed by atoms with Gasteiger partial charge in [0.15, 0.2) is 0 Å². The fraction of sp³-hybridized carbons (Fsp3) is 0.800. The number of carbonyl (C=O) groups is 2. The summed E-state index contributed by atoms with van der Waals surface area (Å²) in [6, 6.07) is 0. The molecule has 1 unspecified atom stereocenters. The molecule has 1 aliphatic carbocycles. The Kier molecular flexibility index (Phi) is 3.01. The van der Waals surface area contributed by atoms with Crippen LogP contribution in [0, 0.1) is 11.8 Å². The molecule has 0 amide bonds. The molecule has 1 saturated carbocycles. The van der Waals surface area contributed by atoms with Crippen molar-refractivity contribution in [2.75, 3.05) is 0 Å². The van der Waals surface area contributed by atoms with Crippen LogP contribution in [0.3, 0.4) is 0 Å². The van der Waals surface area contributed by atoms with E-state index in [0.29, 0.717) is 6.42 Å². The van der Waals surface area contributed by atoms with Crippen LogP contribution in [-0.4, -0.2) is 11.6 Å². The van der Waals surface area contributed by atoms with E-state index in [4.69, 9.17) is 0 Å². The van der Waals surface area contributed by atoms with Gasteiger partial charge in [-0.15, -0.1) is 0 Å². The highest BCUT2D eigenvalue weighted by Gasteiger charge is 2.34. The van der Waals surface area contributed by atoms with Crippen molar-refractivity contribution < 1.29 is 9.59 Å². The first-order valence-electron chi connectivity index (χ1n) is 4.73. The summed E-state index contributed by atoms with van der Waals surface area (Å²) >= 11 is 0. The molecular formula is C10H16O2. The molecule has 0 bridgehead atoms. The molecule has 1 aliphatic rings. The van der Waals surface area contributed by atoms with E-state index in [9.17, 15) is 9.59 Å². The third-order valence-corrected chi connectivity index (χ3v) is 2.39. The van der Waals surface area contributed by atoms with Crippen LogP contribution in [0.4, 0.5) is 0 Å². The van der Waals surface area contributed by atoms with E-state index >= 15 is 0 Å². The van der Waals surface area contributed by atoms with Crippen LogP contribution in [0.2, 0.25) is 0 Å². The minimum atomic E-state index is -0.336. The highest BCUT2D eigenvalue weighted by atomic mass is 16.2. The molecule has 2 nitrogen and oxygen atoms in total. The van der Waals surface area contributed by atoms with Gasteiger partial charge in [-0.1, -0.05) is 6.92 Å². The van der Waals surface area contributed by atoms with Gasteiger partial charge in [0.05, 0.1) is 5.92 Å². The monoisotopic (exact) mass is 168 g/mol. The molecule has 12 heavy (non-hydrogen) atoms. The average molecular weight is 168 g/mol.